The third-order valence-electron chi connectivity index (χ3n) is 3.15. The molecular formula is C10H16N2O2+. The summed E-state index contributed by atoms with van der Waals surface area (Å²) in [6.07, 6.45) is 5.10. The molecule has 0 aromatic carbocycles. The van der Waals surface area contributed by atoms with Crippen LogP contribution in [0, 0.1) is 22.9 Å². The fourth-order valence-corrected chi connectivity index (χ4v) is 2.45. The predicted octanol–water partition coefficient (Wildman–Crippen LogP) is 1.21. The molecule has 1 aliphatic heterocycles. The molecule has 1 heterocycles. The van der Waals surface area contributed by atoms with E-state index in [1.54, 1.807) is 0 Å². The summed E-state index contributed by atoms with van der Waals surface area (Å²) in [6, 6.07) is 0. The molecule has 2 rings (SSSR count). The first-order valence-electron chi connectivity index (χ1n) is 5.28. The van der Waals surface area contributed by atoms with Gasteiger partial charge < -0.3 is 0 Å². The molecule has 1 amide bonds. The average Bonchev–Trinajstić information content (AvgIpc) is 2.45. The van der Waals surface area contributed by atoms with Crippen LogP contribution < -0.4 is 5.32 Å². The highest BCUT2D eigenvalue weighted by molar-refractivity contribution is 5.79. The second kappa shape index (κ2) is 3.67. The molecule has 2 aliphatic rings. The van der Waals surface area contributed by atoms with Crippen LogP contribution in [0.3, 0.4) is 0 Å². The molecule has 1 N–H and O–H groups in total. The minimum Gasteiger partial charge on any atom is -0.279 e. The van der Waals surface area contributed by atoms with Crippen molar-refractivity contribution in [3.05, 3.63) is 11.1 Å². The van der Waals surface area contributed by atoms with E-state index in [0.717, 1.165) is 17.6 Å². The molecule has 4 heteroatoms. The second-order valence-corrected chi connectivity index (χ2v) is 4.44. The Balaban J connectivity index is 2.00. The molecule has 1 saturated heterocycles. The van der Waals surface area contributed by atoms with E-state index in [1.165, 1.54) is 12.8 Å². The average molecular weight is 196 g/mol. The Labute approximate surface area is 83.6 Å². The number of amides is 1. The normalized spacial score (nSPS) is 34.6. The third-order valence-corrected chi connectivity index (χ3v) is 3.15. The molecule has 0 spiro atoms. The second-order valence-electron chi connectivity index (χ2n) is 4.44. The lowest BCUT2D eigenvalue weighted by atomic mass is 9.81. The van der Waals surface area contributed by atoms with E-state index >= 15 is 0 Å². The van der Waals surface area contributed by atoms with Crippen LogP contribution >= 0.6 is 0 Å². The Bertz CT molecular complexity index is 265. The maximum absolute atomic E-state index is 11.4. The van der Waals surface area contributed by atoms with Crippen LogP contribution in [0.1, 0.15) is 32.6 Å². The van der Waals surface area contributed by atoms with Crippen LogP contribution in [0.2, 0.25) is 0 Å². The molecule has 14 heavy (non-hydrogen) atoms. The first-order valence-corrected chi connectivity index (χ1v) is 5.28. The van der Waals surface area contributed by atoms with Gasteiger partial charge in [-0.3, -0.25) is 10.1 Å². The van der Waals surface area contributed by atoms with Gasteiger partial charge in [0.2, 0.25) is 0 Å². The number of nitroso groups, excluding NO2 is 1. The van der Waals surface area contributed by atoms with Gasteiger partial charge in [-0.15, -0.1) is 0 Å². The van der Waals surface area contributed by atoms with Gasteiger partial charge in [0.1, 0.15) is 0 Å². The summed E-state index contributed by atoms with van der Waals surface area (Å²) in [5.74, 6) is 0.795. The van der Waals surface area contributed by atoms with Crippen molar-refractivity contribution in [1.29, 1.82) is 0 Å². The van der Waals surface area contributed by atoms with E-state index in [-0.39, 0.29) is 18.4 Å². The summed E-state index contributed by atoms with van der Waals surface area (Å²) in [7, 11) is 0. The van der Waals surface area contributed by atoms with Crippen molar-refractivity contribution in [1.82, 2.24) is 5.32 Å². The molecule has 1 saturated carbocycles. The van der Waals surface area contributed by atoms with E-state index in [2.05, 4.69) is 12.2 Å². The molecule has 2 atom stereocenters. The molecule has 2 fully saturated rings. The minimum absolute atomic E-state index is 0.0137. The Kier molecular flexibility index (Phi) is 2.52. The Morgan fingerprint density at radius 3 is 2.79 bits per heavy atom. The van der Waals surface area contributed by atoms with Gasteiger partial charge in [0, 0.05) is 9.67 Å². The Morgan fingerprint density at radius 2 is 2.21 bits per heavy atom. The van der Waals surface area contributed by atoms with E-state index in [0.29, 0.717) is 12.1 Å². The van der Waals surface area contributed by atoms with Gasteiger partial charge in [0.15, 0.2) is 0 Å². The van der Waals surface area contributed by atoms with Crippen LogP contribution in [0.15, 0.2) is 0 Å². The number of carbonyl (C=O) groups excluding carboxylic acids is 1. The van der Waals surface area contributed by atoms with Gasteiger partial charge in [-0.25, -0.2) is 0 Å². The number of hydrogen-bond donors (Lipinski definition) is 1. The standard InChI is InChI=1S/C10H16N2O2/c1-7-3-2-4-8(5-7)10-11-9(13)6-12(10)14/h7-8H,2-6H2,1H3,(H,11,13)/q+1. The van der Waals surface area contributed by atoms with E-state index in [1.807, 2.05) is 0 Å². The largest absolute Gasteiger partial charge is 0.377 e. The van der Waals surface area contributed by atoms with Crippen molar-refractivity contribution >= 4 is 5.91 Å². The Morgan fingerprint density at radius 1 is 1.43 bits per heavy atom. The lowest BCUT2D eigenvalue weighted by molar-refractivity contribution is -0.522. The van der Waals surface area contributed by atoms with Crippen LogP contribution in [-0.2, 0) is 4.79 Å². The zero-order chi connectivity index (χ0) is 10.1. The van der Waals surface area contributed by atoms with Crippen molar-refractivity contribution < 1.29 is 9.55 Å². The molecule has 4 nitrogen and oxygen atoms in total. The summed E-state index contributed by atoms with van der Waals surface area (Å²) < 4.78 is 0.824. The summed E-state index contributed by atoms with van der Waals surface area (Å²) >= 11 is 0. The van der Waals surface area contributed by atoms with E-state index in [9.17, 15) is 9.70 Å². The summed E-state index contributed by atoms with van der Waals surface area (Å²) in [6.45, 7) is 2.19. The highest BCUT2D eigenvalue weighted by atomic mass is 16.3. The van der Waals surface area contributed by atoms with Gasteiger partial charge in [-0.1, -0.05) is 19.8 Å². The molecule has 77 valence electrons. The van der Waals surface area contributed by atoms with Crippen LogP contribution in [0.5, 0.6) is 0 Å². The molecule has 1 radical (unpaired) electrons. The lowest BCUT2D eigenvalue weighted by Gasteiger charge is -2.25. The maximum Gasteiger partial charge on any atom is 0.377 e. The summed E-state index contributed by atoms with van der Waals surface area (Å²) in [4.78, 5) is 22.4. The van der Waals surface area contributed by atoms with E-state index in [4.69, 9.17) is 0 Å². The third kappa shape index (κ3) is 1.79. The maximum atomic E-state index is 11.4. The van der Waals surface area contributed by atoms with Crippen LogP contribution in [0.25, 0.3) is 0 Å². The molecule has 0 aromatic rings. The number of hydrogen-bond acceptors (Lipinski definition) is 2. The van der Waals surface area contributed by atoms with Crippen molar-refractivity contribution in [2.45, 2.75) is 32.6 Å². The first-order chi connectivity index (χ1) is 6.66. The molecule has 0 bridgehead atoms. The number of carbonyl (C=O) groups is 1. The fourth-order valence-electron chi connectivity index (χ4n) is 2.45. The highest BCUT2D eigenvalue weighted by Gasteiger charge is 2.47. The van der Waals surface area contributed by atoms with Crippen molar-refractivity contribution in [3.63, 3.8) is 0 Å². The quantitative estimate of drug-likeness (QED) is 0.641. The van der Waals surface area contributed by atoms with Crippen molar-refractivity contribution in [2.75, 3.05) is 6.54 Å². The smallest absolute Gasteiger partial charge is 0.279 e. The predicted molar refractivity (Wildman–Crippen MR) is 51.0 cm³/mol. The van der Waals surface area contributed by atoms with Gasteiger partial charge in [-0.05, 0) is 18.8 Å². The monoisotopic (exact) mass is 196 g/mol. The van der Waals surface area contributed by atoms with Crippen molar-refractivity contribution in [3.8, 4) is 0 Å². The van der Waals surface area contributed by atoms with Crippen LogP contribution in [-0.4, -0.2) is 17.2 Å². The topological polar surface area (TPSA) is 49.2 Å². The van der Waals surface area contributed by atoms with Gasteiger partial charge >= 0.3 is 6.17 Å². The molecular weight excluding hydrogens is 180 g/mol. The first kappa shape index (κ1) is 9.62. The lowest BCUT2D eigenvalue weighted by Crippen LogP contribution is -2.31. The zero-order valence-corrected chi connectivity index (χ0v) is 8.45. The molecule has 2 unspecified atom stereocenters. The SMILES string of the molecule is CC1CCCC([C]2NC(=O)C[N+]2=O)C1. The van der Waals surface area contributed by atoms with Gasteiger partial charge in [0.05, 0.1) is 5.92 Å². The fraction of sp³-hybridized carbons (Fsp3) is 0.800. The number of nitrogens with one attached hydrogen (secondary N) is 1. The zero-order valence-electron chi connectivity index (χ0n) is 8.45. The Hall–Kier alpha value is -0.930. The van der Waals surface area contributed by atoms with Gasteiger partial charge in [0.25, 0.3) is 12.5 Å². The highest BCUT2D eigenvalue weighted by Crippen LogP contribution is 2.34. The molecule has 0 aromatic heterocycles. The van der Waals surface area contributed by atoms with Gasteiger partial charge in [-0.2, -0.15) is 0 Å². The molecule has 1 aliphatic carbocycles. The van der Waals surface area contributed by atoms with Crippen LogP contribution in [0.4, 0.5) is 0 Å². The van der Waals surface area contributed by atoms with E-state index < -0.39 is 0 Å². The minimum atomic E-state index is -0.159. The number of rotatable bonds is 1. The van der Waals surface area contributed by atoms with Crippen molar-refractivity contribution in [2.24, 2.45) is 11.8 Å². The summed E-state index contributed by atoms with van der Waals surface area (Å²) in [5.41, 5.74) is 0. The summed E-state index contributed by atoms with van der Waals surface area (Å²) in [5, 5.41) is 2.69. The number of nitrogens with zero attached hydrogens (tertiary/aromatic N) is 1.